The summed E-state index contributed by atoms with van der Waals surface area (Å²) in [5.41, 5.74) is 1.51. The molecule has 1 aromatic rings. The maximum atomic E-state index is 12.5. The molecule has 6 nitrogen and oxygen atoms in total. The molecule has 0 radical (unpaired) electrons. The first kappa shape index (κ1) is 18.1. The monoisotopic (exact) mass is 316 g/mol. The first-order valence-electron chi connectivity index (χ1n) is 7.69. The molecular weight excluding hydrogens is 288 g/mol. The van der Waals surface area contributed by atoms with Crippen LogP contribution >= 0.6 is 0 Å². The minimum absolute atomic E-state index is 0.0802. The molecule has 0 saturated carbocycles. The molecule has 0 aliphatic rings. The van der Waals surface area contributed by atoms with Crippen molar-refractivity contribution in [2.24, 2.45) is 0 Å². The first-order valence-corrected chi connectivity index (χ1v) is 9.17. The molecule has 1 atom stereocenters. The van der Waals surface area contributed by atoms with E-state index in [-0.39, 0.29) is 11.1 Å². The molecule has 3 N–H and O–H groups in total. The molecule has 0 saturated heterocycles. The number of nitrogens with one attached hydrogen (secondary N) is 3. The Kier molecular flexibility index (Phi) is 7.34. The second-order valence-corrected chi connectivity index (χ2v) is 7.10. The molecule has 1 unspecified atom stereocenters. The van der Waals surface area contributed by atoms with Crippen molar-refractivity contribution in [3.05, 3.63) is 11.3 Å². The third-order valence-electron chi connectivity index (χ3n) is 3.37. The van der Waals surface area contributed by atoms with Crippen LogP contribution in [-0.4, -0.2) is 31.2 Å². The van der Waals surface area contributed by atoms with E-state index in [2.05, 4.69) is 34.1 Å². The van der Waals surface area contributed by atoms with Crippen molar-refractivity contribution in [3.8, 4) is 0 Å². The van der Waals surface area contributed by atoms with Crippen molar-refractivity contribution in [2.75, 3.05) is 6.54 Å². The Morgan fingerprint density at radius 1 is 1.29 bits per heavy atom. The van der Waals surface area contributed by atoms with Gasteiger partial charge in [0.05, 0.1) is 0 Å². The molecule has 0 amide bonds. The van der Waals surface area contributed by atoms with Gasteiger partial charge in [-0.1, -0.05) is 26.7 Å². The molecule has 21 heavy (non-hydrogen) atoms. The van der Waals surface area contributed by atoms with Crippen LogP contribution in [0, 0.1) is 6.92 Å². The Morgan fingerprint density at radius 3 is 2.62 bits per heavy atom. The lowest BCUT2D eigenvalue weighted by molar-refractivity contribution is 0.530. The Balaban J connectivity index is 2.82. The lowest BCUT2D eigenvalue weighted by Gasteiger charge is -2.13. The molecule has 0 spiro atoms. The third-order valence-corrected chi connectivity index (χ3v) is 4.93. The number of nitrogens with zero attached hydrogens (tertiary/aromatic N) is 1. The van der Waals surface area contributed by atoms with Crippen LogP contribution in [0.5, 0.6) is 0 Å². The Hall–Kier alpha value is -0.920. The standard InChI is InChI=1S/C14H28N4O2S/c1-5-7-8-11(3)18-21(19,20)14-13(10-15-9-6-2)12(4)16-17-14/h11,15,18H,5-10H2,1-4H3,(H,16,17). The van der Waals surface area contributed by atoms with E-state index in [1.165, 1.54) is 0 Å². The van der Waals surface area contributed by atoms with E-state index >= 15 is 0 Å². The van der Waals surface area contributed by atoms with Crippen molar-refractivity contribution < 1.29 is 8.42 Å². The predicted octanol–water partition coefficient (Wildman–Crippen LogP) is 2.07. The van der Waals surface area contributed by atoms with E-state index in [4.69, 9.17) is 0 Å². The number of H-pyrrole nitrogens is 1. The quantitative estimate of drug-likeness (QED) is 0.577. The minimum Gasteiger partial charge on any atom is -0.313 e. The number of hydrogen-bond acceptors (Lipinski definition) is 4. The van der Waals surface area contributed by atoms with Gasteiger partial charge in [-0.2, -0.15) is 5.10 Å². The zero-order valence-electron chi connectivity index (χ0n) is 13.5. The van der Waals surface area contributed by atoms with Crippen molar-refractivity contribution in [1.82, 2.24) is 20.2 Å². The van der Waals surface area contributed by atoms with Crippen LogP contribution in [0.2, 0.25) is 0 Å². The topological polar surface area (TPSA) is 86.9 Å². The Morgan fingerprint density at radius 2 is 2.00 bits per heavy atom. The smallest absolute Gasteiger partial charge is 0.260 e. The van der Waals surface area contributed by atoms with Crippen LogP contribution < -0.4 is 10.0 Å². The van der Waals surface area contributed by atoms with E-state index in [0.29, 0.717) is 6.54 Å². The van der Waals surface area contributed by atoms with Gasteiger partial charge in [-0.25, -0.2) is 13.1 Å². The molecule has 0 fully saturated rings. The van der Waals surface area contributed by atoms with Crippen LogP contribution in [0.25, 0.3) is 0 Å². The molecule has 1 rings (SSSR count). The maximum Gasteiger partial charge on any atom is 0.260 e. The number of sulfonamides is 1. The lowest BCUT2D eigenvalue weighted by atomic mass is 10.2. The summed E-state index contributed by atoms with van der Waals surface area (Å²) in [6, 6.07) is -0.0802. The van der Waals surface area contributed by atoms with Gasteiger partial charge in [0.2, 0.25) is 0 Å². The molecule has 0 aromatic carbocycles. The van der Waals surface area contributed by atoms with Crippen LogP contribution in [0.3, 0.4) is 0 Å². The summed E-state index contributed by atoms with van der Waals surface area (Å²) in [6.45, 7) is 9.26. The molecule has 7 heteroatoms. The predicted molar refractivity (Wildman–Crippen MR) is 84.6 cm³/mol. The largest absolute Gasteiger partial charge is 0.313 e. The Bertz CT molecular complexity index is 525. The van der Waals surface area contributed by atoms with Gasteiger partial charge in [-0.15, -0.1) is 0 Å². The fourth-order valence-electron chi connectivity index (χ4n) is 2.14. The number of unbranched alkanes of at least 4 members (excludes halogenated alkanes) is 1. The summed E-state index contributed by atoms with van der Waals surface area (Å²) in [6.07, 6.45) is 3.90. The van der Waals surface area contributed by atoms with Crippen LogP contribution in [0.4, 0.5) is 0 Å². The van der Waals surface area contributed by atoms with E-state index in [1.807, 2.05) is 13.8 Å². The zero-order chi connectivity index (χ0) is 15.9. The second kappa shape index (κ2) is 8.51. The fourth-order valence-corrected chi connectivity index (χ4v) is 3.62. The maximum absolute atomic E-state index is 12.5. The normalized spacial score (nSPS) is 13.5. The van der Waals surface area contributed by atoms with Crippen LogP contribution in [-0.2, 0) is 16.6 Å². The van der Waals surface area contributed by atoms with Crippen LogP contribution in [0.15, 0.2) is 5.03 Å². The SMILES string of the molecule is CCCCC(C)NS(=O)(=O)c1n[nH]c(C)c1CNCCC. The number of hydrogen-bond donors (Lipinski definition) is 3. The fraction of sp³-hybridized carbons (Fsp3) is 0.786. The minimum atomic E-state index is -3.57. The summed E-state index contributed by atoms with van der Waals surface area (Å²) in [4.78, 5) is 0. The van der Waals surface area contributed by atoms with Gasteiger partial charge >= 0.3 is 0 Å². The van der Waals surface area contributed by atoms with Crippen LogP contribution in [0.1, 0.15) is 57.7 Å². The molecule has 1 aromatic heterocycles. The average Bonchev–Trinajstić information content (AvgIpc) is 2.78. The second-order valence-electron chi connectivity index (χ2n) is 5.47. The van der Waals surface area contributed by atoms with Gasteiger partial charge in [0.25, 0.3) is 10.0 Å². The Labute approximate surface area is 128 Å². The van der Waals surface area contributed by atoms with Crippen molar-refractivity contribution >= 4 is 10.0 Å². The highest BCUT2D eigenvalue weighted by atomic mass is 32.2. The third kappa shape index (κ3) is 5.41. The van der Waals surface area contributed by atoms with E-state index < -0.39 is 10.0 Å². The van der Waals surface area contributed by atoms with Gasteiger partial charge in [-0.3, -0.25) is 5.10 Å². The number of aromatic nitrogens is 2. The number of rotatable bonds is 10. The molecular formula is C14H28N4O2S. The van der Waals surface area contributed by atoms with E-state index in [1.54, 1.807) is 0 Å². The summed E-state index contributed by atoms with van der Waals surface area (Å²) in [7, 11) is -3.57. The number of aromatic amines is 1. The summed E-state index contributed by atoms with van der Waals surface area (Å²) >= 11 is 0. The first-order chi connectivity index (χ1) is 9.92. The highest BCUT2D eigenvalue weighted by molar-refractivity contribution is 7.89. The van der Waals surface area contributed by atoms with E-state index in [9.17, 15) is 8.42 Å². The van der Waals surface area contributed by atoms with Gasteiger partial charge in [0.1, 0.15) is 0 Å². The molecule has 1 heterocycles. The molecule has 122 valence electrons. The van der Waals surface area contributed by atoms with Gasteiger partial charge in [0, 0.05) is 23.8 Å². The molecule has 0 aliphatic heterocycles. The van der Waals surface area contributed by atoms with Gasteiger partial charge < -0.3 is 5.32 Å². The molecule has 0 bridgehead atoms. The van der Waals surface area contributed by atoms with E-state index in [0.717, 1.165) is 43.5 Å². The summed E-state index contributed by atoms with van der Waals surface area (Å²) < 4.78 is 27.6. The van der Waals surface area contributed by atoms with Crippen molar-refractivity contribution in [2.45, 2.75) is 71.0 Å². The average molecular weight is 316 g/mol. The van der Waals surface area contributed by atoms with Crippen molar-refractivity contribution in [1.29, 1.82) is 0 Å². The van der Waals surface area contributed by atoms with Gasteiger partial charge in [-0.05, 0) is 33.2 Å². The van der Waals surface area contributed by atoms with Crippen molar-refractivity contribution in [3.63, 3.8) is 0 Å². The zero-order valence-corrected chi connectivity index (χ0v) is 14.3. The lowest BCUT2D eigenvalue weighted by Crippen LogP contribution is -2.33. The number of aryl methyl sites for hydroxylation is 1. The highest BCUT2D eigenvalue weighted by Gasteiger charge is 2.25. The highest BCUT2D eigenvalue weighted by Crippen LogP contribution is 2.17. The summed E-state index contributed by atoms with van der Waals surface area (Å²) in [5.74, 6) is 0. The van der Waals surface area contributed by atoms with Gasteiger partial charge in [0.15, 0.2) is 5.03 Å². The molecule has 0 aliphatic carbocycles. The summed E-state index contributed by atoms with van der Waals surface area (Å²) in [5, 5.41) is 10.1.